The molecule has 8 nitrogen and oxygen atoms in total. The van der Waals surface area contributed by atoms with Crippen LogP contribution < -0.4 is 0 Å². The van der Waals surface area contributed by atoms with Gasteiger partial charge in [0.2, 0.25) is 0 Å². The Bertz CT molecular complexity index is 1300. The minimum atomic E-state index is -4.11. The zero-order chi connectivity index (χ0) is 27.3. The summed E-state index contributed by atoms with van der Waals surface area (Å²) in [5, 5.41) is 0. The summed E-state index contributed by atoms with van der Waals surface area (Å²) < 4.78 is 46.7. The number of hydrogen-bond donors (Lipinski definition) is 0. The predicted molar refractivity (Wildman–Crippen MR) is 152 cm³/mol. The molecule has 2 saturated heterocycles. The van der Waals surface area contributed by atoms with Gasteiger partial charge in [0.1, 0.15) is 24.1 Å². The Kier molecular flexibility index (Phi) is 7.56. The summed E-state index contributed by atoms with van der Waals surface area (Å²) in [5.74, 6) is -0.146. The number of benzene rings is 1. The number of nitrogens with zero attached hydrogens (tertiary/aromatic N) is 2. The Morgan fingerprint density at radius 3 is 2.68 bits per heavy atom. The summed E-state index contributed by atoms with van der Waals surface area (Å²) in [4.78, 5) is 17.2. The topological polar surface area (TPSA) is 96.7 Å². The van der Waals surface area contributed by atoms with Crippen molar-refractivity contribution in [3.05, 3.63) is 60.7 Å². The first-order valence-corrected chi connectivity index (χ1v) is 15.8. The SMILES string of the molecule is C/C(=C\C(=O)OC1C2C(I)CCC2C2(C)OC1(CC(C)C)CC2OS(=O)(=O)n1ccnc1)c1ccccc1. The molecule has 0 radical (unpaired) electrons. The van der Waals surface area contributed by atoms with Gasteiger partial charge in [0.15, 0.2) is 0 Å². The molecular weight excluding hydrogens is 619 g/mol. The number of imidazole rings is 1. The van der Waals surface area contributed by atoms with Gasteiger partial charge < -0.3 is 9.47 Å². The van der Waals surface area contributed by atoms with Gasteiger partial charge in [-0.3, -0.25) is 0 Å². The van der Waals surface area contributed by atoms with E-state index in [1.54, 1.807) is 6.08 Å². The molecule has 0 amide bonds. The summed E-state index contributed by atoms with van der Waals surface area (Å²) in [6.45, 7) is 8.08. The van der Waals surface area contributed by atoms with Gasteiger partial charge in [-0.1, -0.05) is 66.8 Å². The summed E-state index contributed by atoms with van der Waals surface area (Å²) >= 11 is 2.47. The Morgan fingerprint density at radius 1 is 1.29 bits per heavy atom. The van der Waals surface area contributed by atoms with Crippen molar-refractivity contribution >= 4 is 44.4 Å². The summed E-state index contributed by atoms with van der Waals surface area (Å²) in [5.41, 5.74) is 0.102. The lowest BCUT2D eigenvalue weighted by Crippen LogP contribution is -2.61. The maximum atomic E-state index is 13.3. The summed E-state index contributed by atoms with van der Waals surface area (Å²) in [7, 11) is -4.11. The highest BCUT2D eigenvalue weighted by Crippen LogP contribution is 2.62. The fraction of sp³-hybridized carbons (Fsp3) is 0.571. The quantitative estimate of drug-likeness (QED) is 0.168. The molecule has 3 heterocycles. The highest BCUT2D eigenvalue weighted by molar-refractivity contribution is 14.1. The second kappa shape index (κ2) is 10.3. The standard InChI is InChI=1S/C28H35IN2O6S/c1-18(2)15-28-16-23(36-38(33,34)31-13-12-30-17-31)27(4,37-28)21-10-11-22(29)25(21)26(28)35-24(32)14-19(3)20-8-6-5-7-9-20/h5-9,12-14,17-18,21-23,25-26H,10-11,15-16H2,1-4H3/b19-14+. The lowest BCUT2D eigenvalue weighted by atomic mass is 9.72. The molecule has 206 valence electrons. The van der Waals surface area contributed by atoms with Gasteiger partial charge in [0, 0.05) is 34.7 Å². The Balaban J connectivity index is 1.50. The molecule has 7 atom stereocenters. The van der Waals surface area contributed by atoms with E-state index in [2.05, 4.69) is 41.4 Å². The van der Waals surface area contributed by atoms with Crippen LogP contribution in [0, 0.1) is 17.8 Å². The highest BCUT2D eigenvalue weighted by Gasteiger charge is 2.71. The summed E-state index contributed by atoms with van der Waals surface area (Å²) in [6.07, 6.45) is 7.04. The first-order valence-electron chi connectivity index (χ1n) is 13.2. The van der Waals surface area contributed by atoms with E-state index >= 15 is 0 Å². The van der Waals surface area contributed by atoms with Gasteiger partial charge in [0.05, 0.1) is 5.60 Å². The van der Waals surface area contributed by atoms with Crippen molar-refractivity contribution in [3.8, 4) is 0 Å². The highest BCUT2D eigenvalue weighted by atomic mass is 127. The lowest BCUT2D eigenvalue weighted by Gasteiger charge is -2.51. The maximum Gasteiger partial charge on any atom is 0.367 e. The van der Waals surface area contributed by atoms with Crippen molar-refractivity contribution in [1.29, 1.82) is 0 Å². The molecule has 1 saturated carbocycles. The van der Waals surface area contributed by atoms with Crippen molar-refractivity contribution < 1.29 is 26.9 Å². The van der Waals surface area contributed by atoms with E-state index in [0.717, 1.165) is 28.0 Å². The Hall–Kier alpha value is -1.76. The van der Waals surface area contributed by atoms with Gasteiger partial charge in [-0.2, -0.15) is 8.42 Å². The predicted octanol–water partition coefficient (Wildman–Crippen LogP) is 5.18. The molecule has 3 aliphatic rings. The average molecular weight is 655 g/mol. The molecule has 2 aromatic rings. The molecule has 38 heavy (non-hydrogen) atoms. The van der Waals surface area contributed by atoms with Crippen LogP contribution in [0.5, 0.6) is 0 Å². The van der Waals surface area contributed by atoms with Gasteiger partial charge in [0.25, 0.3) is 0 Å². The normalized spacial score (nSPS) is 34.9. The number of fused-ring (bicyclic) bond motifs is 4. The van der Waals surface area contributed by atoms with Crippen LogP contribution in [0.1, 0.15) is 58.9 Å². The number of allylic oxidation sites excluding steroid dienone is 1. The van der Waals surface area contributed by atoms with Crippen LogP contribution in [0.4, 0.5) is 0 Å². The number of ether oxygens (including phenoxy) is 2. The fourth-order valence-corrected chi connectivity index (χ4v) is 9.15. The Morgan fingerprint density at radius 2 is 2.03 bits per heavy atom. The van der Waals surface area contributed by atoms with Crippen molar-refractivity contribution in [1.82, 2.24) is 8.96 Å². The molecular formula is C28H35IN2O6S. The molecule has 2 aliphatic heterocycles. The monoisotopic (exact) mass is 654 g/mol. The number of carbonyl (C=O) groups is 1. The first kappa shape index (κ1) is 27.8. The Labute approximate surface area is 238 Å². The van der Waals surface area contributed by atoms with Crippen molar-refractivity contribution in [2.45, 2.75) is 80.7 Å². The van der Waals surface area contributed by atoms with Crippen molar-refractivity contribution in [2.75, 3.05) is 0 Å². The molecule has 1 aromatic heterocycles. The molecule has 0 spiro atoms. The largest absolute Gasteiger partial charge is 0.456 e. The molecule has 2 bridgehead atoms. The molecule has 1 aromatic carbocycles. The van der Waals surface area contributed by atoms with Crippen molar-refractivity contribution in [2.24, 2.45) is 17.8 Å². The smallest absolute Gasteiger partial charge is 0.367 e. The van der Waals surface area contributed by atoms with Crippen LogP contribution in [0.15, 0.2) is 55.1 Å². The molecule has 10 heteroatoms. The number of esters is 1. The fourth-order valence-electron chi connectivity index (χ4n) is 6.89. The average Bonchev–Trinajstić information content (AvgIpc) is 3.57. The molecule has 0 N–H and O–H groups in total. The maximum absolute atomic E-state index is 13.3. The van der Waals surface area contributed by atoms with E-state index < -0.39 is 39.7 Å². The molecule has 5 rings (SSSR count). The third-order valence-corrected chi connectivity index (χ3v) is 11.0. The van der Waals surface area contributed by atoms with Gasteiger partial charge in [-0.05, 0) is 56.1 Å². The number of halogens is 1. The van der Waals surface area contributed by atoms with E-state index in [4.69, 9.17) is 13.7 Å². The van der Waals surface area contributed by atoms with E-state index in [1.807, 2.05) is 44.2 Å². The minimum absolute atomic E-state index is 0.00725. The van der Waals surface area contributed by atoms with E-state index in [1.165, 1.54) is 18.7 Å². The van der Waals surface area contributed by atoms with Crippen LogP contribution in [-0.2, 0) is 28.8 Å². The number of rotatable bonds is 8. The third-order valence-electron chi connectivity index (χ3n) is 8.37. The zero-order valence-corrected chi connectivity index (χ0v) is 25.1. The van der Waals surface area contributed by atoms with Crippen molar-refractivity contribution in [3.63, 3.8) is 0 Å². The minimum Gasteiger partial charge on any atom is -0.456 e. The van der Waals surface area contributed by atoms with E-state index in [0.29, 0.717) is 12.8 Å². The van der Waals surface area contributed by atoms with Crippen LogP contribution >= 0.6 is 22.6 Å². The van der Waals surface area contributed by atoms with Gasteiger partial charge in [-0.15, -0.1) is 0 Å². The number of alkyl halides is 1. The lowest BCUT2D eigenvalue weighted by molar-refractivity contribution is -0.249. The molecule has 7 unspecified atom stereocenters. The van der Waals surface area contributed by atoms with Crippen LogP contribution in [0.3, 0.4) is 0 Å². The molecule has 3 fully saturated rings. The van der Waals surface area contributed by atoms with E-state index in [-0.39, 0.29) is 21.7 Å². The van der Waals surface area contributed by atoms with Crippen LogP contribution in [0.25, 0.3) is 5.57 Å². The van der Waals surface area contributed by atoms with Crippen LogP contribution in [-0.4, -0.2) is 50.7 Å². The number of carbonyl (C=O) groups excluding carboxylic acids is 1. The number of hydrogen-bond acceptors (Lipinski definition) is 7. The second-order valence-corrected chi connectivity index (χ2v) is 14.5. The zero-order valence-electron chi connectivity index (χ0n) is 22.1. The third kappa shape index (κ3) is 4.97. The molecule has 1 aliphatic carbocycles. The van der Waals surface area contributed by atoms with Gasteiger partial charge in [-0.25, -0.2) is 17.9 Å². The van der Waals surface area contributed by atoms with E-state index in [9.17, 15) is 13.2 Å². The second-order valence-electron chi connectivity index (χ2n) is 11.4. The van der Waals surface area contributed by atoms with Crippen LogP contribution in [0.2, 0.25) is 0 Å². The first-order chi connectivity index (χ1) is 17.9. The van der Waals surface area contributed by atoms with Gasteiger partial charge >= 0.3 is 16.3 Å². The number of aromatic nitrogens is 2. The summed E-state index contributed by atoms with van der Waals surface area (Å²) in [6, 6.07) is 9.73.